The molecule has 0 aliphatic rings. The van der Waals surface area contributed by atoms with Gasteiger partial charge in [-0.25, -0.2) is 4.98 Å². The molecule has 0 saturated heterocycles. The number of rotatable bonds is 8. The summed E-state index contributed by atoms with van der Waals surface area (Å²) in [7, 11) is 0. The number of aryl methyl sites for hydroxylation is 1. The second-order valence-electron chi connectivity index (χ2n) is 16.0. The maximum atomic E-state index is 13.0. The molecule has 7 aromatic carbocycles. The van der Waals surface area contributed by atoms with E-state index in [0.717, 1.165) is 22.3 Å². The fourth-order valence-corrected chi connectivity index (χ4v) is 7.99. The number of phenolic OH excluding ortho intramolecular Hbond substituents is 1. The van der Waals surface area contributed by atoms with E-state index in [1.807, 2.05) is 72.8 Å². The summed E-state index contributed by atoms with van der Waals surface area (Å²) in [5.41, 5.74) is -6.66. The van der Waals surface area contributed by atoms with Crippen LogP contribution >= 0.6 is 0 Å². The van der Waals surface area contributed by atoms with Gasteiger partial charge in [-0.05, 0) is 98.4 Å². The number of aromatic hydroxyl groups is 1. The van der Waals surface area contributed by atoms with Gasteiger partial charge in [0, 0.05) is 68.7 Å². The minimum Gasteiger partial charge on any atom is -0.507 e. The Morgan fingerprint density at radius 2 is 1.26 bits per heavy atom. The number of para-hydroxylation sites is 1. The Morgan fingerprint density at radius 1 is 0.615 bits per heavy atom. The molecule has 0 atom stereocenters. The van der Waals surface area contributed by atoms with E-state index < -0.39 is 93.0 Å². The molecule has 328 valence electrons. The van der Waals surface area contributed by atoms with Gasteiger partial charge in [0.1, 0.15) is 11.6 Å². The molecule has 0 unspecified atom stereocenters. The van der Waals surface area contributed by atoms with E-state index in [0.29, 0.717) is 39.6 Å². The largest absolute Gasteiger partial charge is 0.507 e. The van der Waals surface area contributed by atoms with E-state index in [1.54, 1.807) is 74.6 Å². The van der Waals surface area contributed by atoms with Crippen LogP contribution in [0.3, 0.4) is 0 Å². The van der Waals surface area contributed by atoms with Crippen molar-refractivity contribution in [2.45, 2.75) is 78.5 Å². The number of benzene rings is 7. The first-order valence-corrected chi connectivity index (χ1v) is 20.5. The maximum Gasteiger partial charge on any atom is 0.148 e. The van der Waals surface area contributed by atoms with Crippen LogP contribution in [0.15, 0.2) is 164 Å². The molecule has 4 nitrogen and oxygen atoms in total. The van der Waals surface area contributed by atoms with E-state index in [9.17, 15) is 5.11 Å². The van der Waals surface area contributed by atoms with Crippen molar-refractivity contribution in [1.29, 1.82) is 0 Å². The van der Waals surface area contributed by atoms with Crippen LogP contribution in [-0.2, 0) is 31.9 Å². The minimum atomic E-state index is -4.24. The number of hydrogen-bond acceptors (Lipinski definition) is 3. The molecule has 2 heterocycles. The summed E-state index contributed by atoms with van der Waals surface area (Å²) in [6.07, 6.45) is 1.63. The van der Waals surface area contributed by atoms with Crippen LogP contribution in [0.1, 0.15) is 113 Å². The quantitative estimate of drug-likeness (QED) is 0.154. The average molecular weight is 1050 g/mol. The molecule has 0 fully saturated rings. The number of imidazole rings is 1. The third-order valence-electron chi connectivity index (χ3n) is 11.3. The summed E-state index contributed by atoms with van der Waals surface area (Å²) in [6, 6.07) is 46.1. The zero-order valence-corrected chi connectivity index (χ0v) is 37.5. The van der Waals surface area contributed by atoms with E-state index in [4.69, 9.17) is 40.1 Å². The van der Waals surface area contributed by atoms with Crippen LogP contribution in [0, 0.1) is 12.9 Å². The molecule has 5 heteroatoms. The first-order chi connectivity index (χ1) is 39.6. The fourth-order valence-electron chi connectivity index (χ4n) is 7.99. The van der Waals surface area contributed by atoms with Gasteiger partial charge in [0.25, 0.3) is 0 Å². The molecule has 0 aliphatic carbocycles. The summed E-state index contributed by atoms with van der Waals surface area (Å²) in [5, 5.41) is 13.0. The van der Waals surface area contributed by atoms with E-state index in [2.05, 4.69) is 6.07 Å². The van der Waals surface area contributed by atoms with Gasteiger partial charge in [-0.2, -0.15) is 0 Å². The Labute approximate surface area is 430 Å². The average Bonchev–Trinajstić information content (AvgIpc) is 1.14. The van der Waals surface area contributed by atoms with Crippen molar-refractivity contribution in [3.8, 4) is 78.6 Å². The Bertz CT molecular complexity index is 3930. The predicted molar refractivity (Wildman–Crippen MR) is 268 cm³/mol. The van der Waals surface area contributed by atoms with E-state index in [1.165, 1.54) is 22.8 Å². The standard InChI is InChI=1S/C60H56N3O.Pt/c1-38(2)40-23-25-43(26-24-40)45-29-30-61-53(35-45)48-33-46(42-19-14-11-15-20-42)32-47(34-48)50-21-16-22-55-56(50)62-58(51-36-49(59(4,5)6)37-52(57(51)64)60(7,8)9)63(55)54-28-27-44(31-39(54)3)41-17-12-10-13-18-41;/h10-33,35-38,64H,1-9H3;/q-1;/i3D3,4D3,5D3,6D3,7D3,8D3,9D3,38D;. The monoisotopic (exact) mass is 1050 g/mol. The zero-order valence-electron chi connectivity index (χ0n) is 57.2. The molecule has 0 bridgehead atoms. The summed E-state index contributed by atoms with van der Waals surface area (Å²) in [6.45, 7) is -24.5. The third kappa shape index (κ3) is 9.02. The van der Waals surface area contributed by atoms with E-state index in [-0.39, 0.29) is 55.0 Å². The second kappa shape index (κ2) is 17.9. The van der Waals surface area contributed by atoms with Crippen LogP contribution in [0.2, 0.25) is 0 Å². The second-order valence-corrected chi connectivity index (χ2v) is 16.0. The van der Waals surface area contributed by atoms with Gasteiger partial charge in [0.05, 0.1) is 22.3 Å². The molecule has 1 N–H and O–H groups in total. The summed E-state index contributed by atoms with van der Waals surface area (Å²) >= 11 is 0. The van der Waals surface area contributed by atoms with Crippen molar-refractivity contribution in [3.63, 3.8) is 0 Å². The number of nitrogens with zero attached hydrogens (tertiary/aromatic N) is 3. The van der Waals surface area contributed by atoms with Crippen molar-refractivity contribution in [3.05, 3.63) is 192 Å². The number of pyridine rings is 1. The number of phenols is 1. The molecule has 0 radical (unpaired) electrons. The smallest absolute Gasteiger partial charge is 0.148 e. The molecule has 65 heavy (non-hydrogen) atoms. The van der Waals surface area contributed by atoms with Crippen molar-refractivity contribution in [2.24, 2.45) is 0 Å². The normalized spacial score (nSPS) is 18.4. The van der Waals surface area contributed by atoms with Gasteiger partial charge < -0.3 is 5.11 Å². The van der Waals surface area contributed by atoms with E-state index >= 15 is 0 Å². The van der Waals surface area contributed by atoms with Gasteiger partial charge in [0.15, 0.2) is 0 Å². The van der Waals surface area contributed by atoms with Gasteiger partial charge in [0.2, 0.25) is 0 Å². The molecule has 0 saturated carbocycles. The molecule has 0 aliphatic heterocycles. The number of fused-ring (bicyclic) bond motifs is 1. The minimum absolute atomic E-state index is 0. The molecule has 2 aromatic heterocycles. The molecule has 0 amide bonds. The zero-order chi connectivity index (χ0) is 63.3. The van der Waals surface area contributed by atoms with Crippen molar-refractivity contribution >= 4 is 11.0 Å². The third-order valence-corrected chi connectivity index (χ3v) is 11.3. The summed E-state index contributed by atoms with van der Waals surface area (Å²) in [5.74, 6) is -3.03. The van der Waals surface area contributed by atoms with Crippen molar-refractivity contribution < 1.29 is 56.3 Å². The number of hydrogen-bond donors (Lipinski definition) is 1. The van der Waals surface area contributed by atoms with Crippen LogP contribution in [-0.4, -0.2) is 19.6 Å². The molecule has 0 spiro atoms. The van der Waals surface area contributed by atoms with Crippen LogP contribution in [0.25, 0.3) is 83.9 Å². The topological polar surface area (TPSA) is 50.9 Å². The first kappa shape index (κ1) is 25.4. The maximum absolute atomic E-state index is 13.0. The van der Waals surface area contributed by atoms with Crippen molar-refractivity contribution in [1.82, 2.24) is 14.5 Å². The Balaban J connectivity index is 0.00000982. The van der Waals surface area contributed by atoms with Gasteiger partial charge in [-0.1, -0.05) is 187 Å². The molecular formula is C60H56N3OPt-. The summed E-state index contributed by atoms with van der Waals surface area (Å²) in [4.78, 5) is 9.78. The van der Waals surface area contributed by atoms with Crippen LogP contribution in [0.4, 0.5) is 0 Å². The van der Waals surface area contributed by atoms with Crippen LogP contribution < -0.4 is 0 Å². The SMILES string of the molecule is [2H]C([2H])([2H])c1cc(-c2ccccc2)ccc1-n1c(-c2cc(C(C([2H])([2H])[2H])(C([2H])([2H])[2H])C([2H])([2H])[2H])cc(C(C([2H])([2H])[2H])(C([2H])([2H])[2H])C([2H])([2H])[2H])c2O)nc2c(-c3[c-]c(-c4cc(-c5ccc(C([2H])(C)C)cc5)ccn4)cc(-c4ccccc4)c3)cccc21.[Pt]. The Hall–Kier alpha value is -6.35. The Morgan fingerprint density at radius 3 is 1.94 bits per heavy atom. The fraction of sp³-hybridized carbons (Fsp3) is 0.200. The van der Waals surface area contributed by atoms with Gasteiger partial charge in [-0.3, -0.25) is 9.55 Å². The van der Waals surface area contributed by atoms with Gasteiger partial charge >= 0.3 is 0 Å². The molecule has 9 rings (SSSR count). The molecular weight excluding hydrogens is 974 g/mol. The Kier molecular flexibility index (Phi) is 6.99. The summed E-state index contributed by atoms with van der Waals surface area (Å²) < 4.78 is 194. The van der Waals surface area contributed by atoms with Crippen molar-refractivity contribution in [2.75, 3.05) is 0 Å². The predicted octanol–water partition coefficient (Wildman–Crippen LogP) is 16.0. The first-order valence-electron chi connectivity index (χ1n) is 31.5. The molecule has 9 aromatic rings. The number of aromatic nitrogens is 3. The van der Waals surface area contributed by atoms with Crippen LogP contribution in [0.5, 0.6) is 5.75 Å². The van der Waals surface area contributed by atoms with Gasteiger partial charge in [-0.15, -0.1) is 23.8 Å².